The highest BCUT2D eigenvalue weighted by Crippen LogP contribution is 2.11. The number of carbonyl (C=O) groups is 1. The molecule has 0 saturated carbocycles. The molecule has 0 bridgehead atoms. The fourth-order valence-corrected chi connectivity index (χ4v) is 0.701. The molecule has 2 N–H and O–H groups in total. The van der Waals surface area contributed by atoms with Crippen molar-refractivity contribution in [2.75, 3.05) is 0 Å². The number of aliphatic imine (C=N–C) groups is 1. The molecule has 0 spiro atoms. The van der Waals surface area contributed by atoms with Gasteiger partial charge < -0.3 is 5.73 Å². The Morgan fingerprint density at radius 1 is 1.73 bits per heavy atom. The van der Waals surface area contributed by atoms with Crippen LogP contribution in [0.5, 0.6) is 0 Å². The van der Waals surface area contributed by atoms with Gasteiger partial charge in [0.15, 0.2) is 6.34 Å². The second kappa shape index (κ2) is 2.63. The summed E-state index contributed by atoms with van der Waals surface area (Å²) in [5.74, 6) is 0. The van der Waals surface area contributed by atoms with E-state index in [9.17, 15) is 4.79 Å². The lowest BCUT2D eigenvalue weighted by atomic mass is 10.5. The quantitative estimate of drug-likeness (QED) is 0.565. The summed E-state index contributed by atoms with van der Waals surface area (Å²) in [6.07, 6.45) is 4.04. The number of urea groups is 1. The maximum atomic E-state index is 10.8. The largest absolute Gasteiger partial charge is 0.447 e. The minimum Gasteiger partial charge on any atom is -0.316 e. The smallest absolute Gasteiger partial charge is 0.316 e. The van der Waals surface area contributed by atoms with Gasteiger partial charge in [0, 0.05) is 0 Å². The number of nitrogens with two attached hydrogens (primary N) is 1. The van der Waals surface area contributed by atoms with Crippen molar-refractivity contribution in [3.8, 4) is 0 Å². The van der Waals surface area contributed by atoms with Gasteiger partial charge in [-0.15, -0.1) is 0 Å². The standard InChI is InChI=1S/C6H8N4O/c1-2-3-10(6(7)11)5-8-4-9-10/h2-5H,1H2,(H2,7,11)/q+1. The molecule has 1 atom stereocenters. The van der Waals surface area contributed by atoms with Crippen LogP contribution < -0.4 is 5.73 Å². The van der Waals surface area contributed by atoms with Gasteiger partial charge in [0.25, 0.3) is 0 Å². The summed E-state index contributed by atoms with van der Waals surface area (Å²) in [5, 5.41) is 3.75. The first kappa shape index (κ1) is 7.62. The van der Waals surface area contributed by atoms with Crippen molar-refractivity contribution in [1.82, 2.24) is 0 Å². The minimum absolute atomic E-state index is 0.427. The Labute approximate surface area is 64.1 Å². The molecule has 1 aliphatic heterocycles. The van der Waals surface area contributed by atoms with E-state index in [1.54, 1.807) is 0 Å². The Balaban J connectivity index is 2.89. The van der Waals surface area contributed by atoms with Crippen molar-refractivity contribution in [2.45, 2.75) is 0 Å². The lowest BCUT2D eigenvalue weighted by Crippen LogP contribution is -2.46. The highest BCUT2D eigenvalue weighted by molar-refractivity contribution is 5.82. The third-order valence-corrected chi connectivity index (χ3v) is 1.24. The molecule has 0 aromatic heterocycles. The average Bonchev–Trinajstić information content (AvgIpc) is 2.38. The zero-order chi connectivity index (χ0) is 8.32. The molecule has 0 fully saturated rings. The van der Waals surface area contributed by atoms with Crippen molar-refractivity contribution in [3.05, 3.63) is 19.2 Å². The van der Waals surface area contributed by atoms with E-state index in [1.807, 2.05) is 0 Å². The monoisotopic (exact) mass is 152 g/mol. The second-order valence-electron chi connectivity index (χ2n) is 1.96. The summed E-state index contributed by atoms with van der Waals surface area (Å²) in [5.41, 5.74) is 5.07. The molecule has 2 amide bonds. The van der Waals surface area contributed by atoms with Gasteiger partial charge in [-0.25, -0.2) is 4.79 Å². The maximum Gasteiger partial charge on any atom is 0.447 e. The zero-order valence-corrected chi connectivity index (χ0v) is 5.84. The van der Waals surface area contributed by atoms with Crippen molar-refractivity contribution in [3.63, 3.8) is 0 Å². The first-order valence-electron chi connectivity index (χ1n) is 2.95. The predicted molar refractivity (Wildman–Crippen MR) is 41.3 cm³/mol. The lowest BCUT2D eigenvalue weighted by molar-refractivity contribution is -0.715. The number of carbonyl (C=O) groups excluding carboxylic acids is 1. The third kappa shape index (κ3) is 1.18. The molecule has 1 unspecified atom stereocenters. The van der Waals surface area contributed by atoms with E-state index in [0.29, 0.717) is 0 Å². The molecule has 1 rings (SSSR count). The second-order valence-corrected chi connectivity index (χ2v) is 1.96. The van der Waals surface area contributed by atoms with Crippen molar-refractivity contribution in [2.24, 2.45) is 15.8 Å². The average molecular weight is 152 g/mol. The van der Waals surface area contributed by atoms with Crippen LogP contribution in [0, 0.1) is 6.54 Å². The number of primary amides is 1. The van der Waals surface area contributed by atoms with Gasteiger partial charge in [0.2, 0.25) is 12.9 Å². The Hall–Kier alpha value is -1.49. The van der Waals surface area contributed by atoms with E-state index in [0.717, 1.165) is 0 Å². The molecule has 11 heavy (non-hydrogen) atoms. The van der Waals surface area contributed by atoms with E-state index >= 15 is 0 Å². The fraction of sp³-hybridized carbons (Fsp3) is 0. The number of hydrogen-bond donors (Lipinski definition) is 1. The van der Waals surface area contributed by atoms with Crippen LogP contribution in [-0.2, 0) is 0 Å². The first-order chi connectivity index (χ1) is 5.21. The van der Waals surface area contributed by atoms with Crippen LogP contribution in [0.3, 0.4) is 0 Å². The van der Waals surface area contributed by atoms with Gasteiger partial charge in [-0.3, -0.25) is 0 Å². The molecular weight excluding hydrogens is 144 g/mol. The van der Waals surface area contributed by atoms with Crippen molar-refractivity contribution < 1.29 is 9.39 Å². The Morgan fingerprint density at radius 2 is 2.45 bits per heavy atom. The Morgan fingerprint density at radius 3 is 2.82 bits per heavy atom. The molecule has 5 heteroatoms. The molecule has 1 radical (unpaired) electrons. The first-order valence-corrected chi connectivity index (χ1v) is 2.95. The van der Waals surface area contributed by atoms with Crippen molar-refractivity contribution >= 4 is 18.7 Å². The van der Waals surface area contributed by atoms with Gasteiger partial charge in [0.05, 0.1) is 0 Å². The predicted octanol–water partition coefficient (Wildman–Crippen LogP) is 0.215. The fourth-order valence-electron chi connectivity index (χ4n) is 0.701. The summed E-state index contributed by atoms with van der Waals surface area (Å²) in [7, 11) is 0. The Kier molecular flexibility index (Phi) is 1.82. The van der Waals surface area contributed by atoms with Crippen LogP contribution in [0.15, 0.2) is 22.7 Å². The number of nitrogens with zero attached hydrogens (tertiary/aromatic N) is 3. The summed E-state index contributed by atoms with van der Waals surface area (Å²) >= 11 is 0. The van der Waals surface area contributed by atoms with E-state index in [4.69, 9.17) is 5.73 Å². The van der Waals surface area contributed by atoms with Crippen molar-refractivity contribution in [1.29, 1.82) is 0 Å². The summed E-state index contributed by atoms with van der Waals surface area (Å²) < 4.78 is -0.427. The van der Waals surface area contributed by atoms with Crippen LogP contribution in [0.4, 0.5) is 4.79 Å². The molecule has 1 heterocycles. The normalized spacial score (nSPS) is 27.3. The summed E-state index contributed by atoms with van der Waals surface area (Å²) in [4.78, 5) is 14.5. The van der Waals surface area contributed by atoms with Crippen LogP contribution in [-0.4, -0.2) is 23.3 Å². The molecular formula is C6H8N4O+. The van der Waals surface area contributed by atoms with E-state index < -0.39 is 10.6 Å². The number of amides is 2. The van der Waals surface area contributed by atoms with Crippen LogP contribution in [0.2, 0.25) is 0 Å². The molecule has 0 aliphatic carbocycles. The maximum absolute atomic E-state index is 10.8. The summed E-state index contributed by atoms with van der Waals surface area (Å²) in [6, 6.07) is -0.609. The molecule has 0 aromatic carbocycles. The highest BCUT2D eigenvalue weighted by Gasteiger charge is 2.35. The van der Waals surface area contributed by atoms with Gasteiger partial charge in [0.1, 0.15) is 0 Å². The molecule has 1 aliphatic rings. The SMILES string of the molecule is C=C[CH][N+]1(C(N)=O)C=NC=N1. The van der Waals surface area contributed by atoms with Crippen LogP contribution in [0.25, 0.3) is 0 Å². The molecule has 0 saturated heterocycles. The van der Waals surface area contributed by atoms with E-state index in [1.165, 1.54) is 25.3 Å². The topological polar surface area (TPSA) is 67.8 Å². The number of rotatable bonds is 2. The van der Waals surface area contributed by atoms with E-state index in [2.05, 4.69) is 16.7 Å². The molecule has 0 aromatic rings. The lowest BCUT2D eigenvalue weighted by Gasteiger charge is -2.14. The minimum atomic E-state index is -0.609. The highest BCUT2D eigenvalue weighted by atomic mass is 16.2. The summed E-state index contributed by atoms with van der Waals surface area (Å²) in [6.45, 7) is 4.88. The number of hydrogen-bond acceptors (Lipinski definition) is 3. The third-order valence-electron chi connectivity index (χ3n) is 1.24. The molecule has 57 valence electrons. The number of quaternary nitrogens is 1. The van der Waals surface area contributed by atoms with Gasteiger partial charge in [-0.2, -0.15) is 4.99 Å². The van der Waals surface area contributed by atoms with E-state index in [-0.39, 0.29) is 0 Å². The zero-order valence-electron chi connectivity index (χ0n) is 5.84. The van der Waals surface area contributed by atoms with Crippen LogP contribution >= 0.6 is 0 Å². The van der Waals surface area contributed by atoms with Gasteiger partial charge >= 0.3 is 6.03 Å². The van der Waals surface area contributed by atoms with Gasteiger partial charge in [-0.1, -0.05) is 16.3 Å². The molecule has 5 nitrogen and oxygen atoms in total. The Bertz CT molecular complexity index is 231. The van der Waals surface area contributed by atoms with Crippen LogP contribution in [0.1, 0.15) is 0 Å². The van der Waals surface area contributed by atoms with Gasteiger partial charge in [-0.05, 0) is 6.08 Å².